The third-order valence-corrected chi connectivity index (χ3v) is 6.20. The predicted molar refractivity (Wildman–Crippen MR) is 138 cm³/mol. The zero-order valence-corrected chi connectivity index (χ0v) is 21.1. The Morgan fingerprint density at radius 3 is 2.62 bits per heavy atom. The molecule has 5 rings (SSSR count). The molecule has 0 N–H and O–H groups in total. The van der Waals surface area contributed by atoms with Crippen LogP contribution < -0.4 is 10.3 Å². The van der Waals surface area contributed by atoms with E-state index in [0.717, 1.165) is 34.9 Å². The summed E-state index contributed by atoms with van der Waals surface area (Å²) in [5.74, 6) is 0.00398. The predicted octanol–water partition coefficient (Wildman–Crippen LogP) is 4.70. The third-order valence-electron chi connectivity index (χ3n) is 6.20. The highest BCUT2D eigenvalue weighted by atomic mass is 19.1. The molecule has 0 atom stereocenters. The molecule has 3 aromatic heterocycles. The van der Waals surface area contributed by atoms with Gasteiger partial charge in [-0.25, -0.2) is 9.18 Å². The van der Waals surface area contributed by atoms with Gasteiger partial charge in [0, 0.05) is 60.6 Å². The van der Waals surface area contributed by atoms with Crippen molar-refractivity contribution in [3.05, 3.63) is 88.5 Å². The zero-order valence-electron chi connectivity index (χ0n) is 21.1. The topological polar surface area (TPSA) is 78.6 Å². The molecule has 4 heterocycles. The third kappa shape index (κ3) is 5.50. The van der Waals surface area contributed by atoms with E-state index < -0.39 is 11.4 Å². The van der Waals surface area contributed by atoms with Crippen LogP contribution in [0.1, 0.15) is 32.2 Å². The molecule has 0 spiro atoms. The second kappa shape index (κ2) is 9.72. The van der Waals surface area contributed by atoms with Crippen molar-refractivity contribution >= 4 is 17.0 Å². The Balaban J connectivity index is 1.31. The second-order valence-corrected chi connectivity index (χ2v) is 10.1. The summed E-state index contributed by atoms with van der Waals surface area (Å²) in [4.78, 5) is 31.1. The Bertz CT molecular complexity index is 1500. The highest BCUT2D eigenvalue weighted by molar-refractivity contribution is 5.83. The Labute approximate surface area is 213 Å². The number of aromatic nitrogens is 3. The van der Waals surface area contributed by atoms with Gasteiger partial charge >= 0.3 is 6.09 Å². The molecule has 0 saturated carbocycles. The molecule has 0 unspecified atom stereocenters. The van der Waals surface area contributed by atoms with Crippen molar-refractivity contribution in [3.63, 3.8) is 0 Å². The largest absolute Gasteiger partial charge is 0.487 e. The highest BCUT2D eigenvalue weighted by Gasteiger charge is 2.25. The minimum Gasteiger partial charge on any atom is -0.487 e. The van der Waals surface area contributed by atoms with Gasteiger partial charge in [0.05, 0.1) is 11.9 Å². The lowest BCUT2D eigenvalue weighted by molar-refractivity contribution is 0.0254. The van der Waals surface area contributed by atoms with Gasteiger partial charge in [0.1, 0.15) is 23.8 Å². The van der Waals surface area contributed by atoms with E-state index in [1.807, 2.05) is 39.0 Å². The number of halogens is 1. The first-order valence-corrected chi connectivity index (χ1v) is 12.2. The van der Waals surface area contributed by atoms with Crippen LogP contribution in [0, 0.1) is 5.82 Å². The molecule has 192 valence electrons. The summed E-state index contributed by atoms with van der Waals surface area (Å²) in [5.41, 5.74) is 2.77. The van der Waals surface area contributed by atoms with Crippen molar-refractivity contribution in [3.8, 4) is 11.4 Å². The number of amides is 1. The standard InChI is InChI=1S/C28H29FN4O4/c1-28(2,3)37-27(35)31-10-8-23-15-19-14-22(6-7-25(19)32(23)13-12-31)33-11-9-24(16-26(33)34)36-18-21-5-4-20(29)17-30-21/h4-7,9,11,14-17H,8,10,12-13,18H2,1-3H3. The van der Waals surface area contributed by atoms with Crippen LogP contribution in [0.3, 0.4) is 0 Å². The summed E-state index contributed by atoms with van der Waals surface area (Å²) in [7, 11) is 0. The van der Waals surface area contributed by atoms with Crippen LogP contribution in [-0.4, -0.2) is 43.8 Å². The fraction of sp³-hybridized carbons (Fsp3) is 0.321. The molecule has 0 bridgehead atoms. The fourth-order valence-electron chi connectivity index (χ4n) is 4.44. The lowest BCUT2D eigenvalue weighted by Gasteiger charge is -2.26. The maximum absolute atomic E-state index is 13.0. The molecule has 0 fully saturated rings. The molecule has 9 heteroatoms. The summed E-state index contributed by atoms with van der Waals surface area (Å²) in [5, 5.41) is 1.04. The summed E-state index contributed by atoms with van der Waals surface area (Å²) < 4.78 is 28.0. The Morgan fingerprint density at radius 2 is 1.89 bits per heavy atom. The van der Waals surface area contributed by atoms with Crippen molar-refractivity contribution in [2.24, 2.45) is 0 Å². The Kier molecular flexibility index (Phi) is 6.45. The van der Waals surface area contributed by atoms with Crippen LogP contribution in [0.15, 0.2) is 65.7 Å². The van der Waals surface area contributed by atoms with Crippen molar-refractivity contribution in [1.82, 2.24) is 19.0 Å². The molecular weight excluding hydrogens is 475 g/mol. The van der Waals surface area contributed by atoms with Gasteiger partial charge in [-0.1, -0.05) is 0 Å². The molecule has 1 aromatic carbocycles. The number of carbonyl (C=O) groups excluding carboxylic acids is 1. The maximum Gasteiger partial charge on any atom is 0.410 e. The monoisotopic (exact) mass is 504 g/mol. The number of ether oxygens (including phenoxy) is 2. The van der Waals surface area contributed by atoms with E-state index >= 15 is 0 Å². The van der Waals surface area contributed by atoms with E-state index in [1.54, 1.807) is 27.8 Å². The first-order chi connectivity index (χ1) is 17.7. The van der Waals surface area contributed by atoms with Crippen molar-refractivity contribution in [2.75, 3.05) is 13.1 Å². The van der Waals surface area contributed by atoms with Gasteiger partial charge in [-0.05, 0) is 63.2 Å². The van der Waals surface area contributed by atoms with Crippen LogP contribution in [0.4, 0.5) is 9.18 Å². The van der Waals surface area contributed by atoms with Crippen molar-refractivity contribution in [2.45, 2.75) is 45.9 Å². The maximum atomic E-state index is 13.0. The van der Waals surface area contributed by atoms with Gasteiger partial charge < -0.3 is 18.9 Å². The average molecular weight is 505 g/mol. The fourth-order valence-corrected chi connectivity index (χ4v) is 4.44. The number of nitrogens with zero attached hydrogens (tertiary/aromatic N) is 4. The number of benzene rings is 1. The van der Waals surface area contributed by atoms with E-state index in [4.69, 9.17) is 9.47 Å². The quantitative estimate of drug-likeness (QED) is 0.403. The summed E-state index contributed by atoms with van der Waals surface area (Å²) >= 11 is 0. The van der Waals surface area contributed by atoms with Gasteiger partial charge in [0.25, 0.3) is 5.56 Å². The zero-order chi connectivity index (χ0) is 26.2. The van der Waals surface area contributed by atoms with Crippen LogP contribution in [-0.2, 0) is 24.3 Å². The number of hydrogen-bond donors (Lipinski definition) is 0. The molecule has 0 radical (unpaired) electrons. The van der Waals surface area contributed by atoms with Crippen LogP contribution in [0.2, 0.25) is 0 Å². The Morgan fingerprint density at radius 1 is 1.05 bits per heavy atom. The number of hydrogen-bond acceptors (Lipinski definition) is 5. The molecule has 37 heavy (non-hydrogen) atoms. The highest BCUT2D eigenvalue weighted by Crippen LogP contribution is 2.25. The molecule has 0 aliphatic carbocycles. The number of rotatable bonds is 4. The smallest absolute Gasteiger partial charge is 0.410 e. The molecule has 1 aliphatic heterocycles. The van der Waals surface area contributed by atoms with Gasteiger partial charge in [0.2, 0.25) is 0 Å². The first kappa shape index (κ1) is 24.5. The number of carbonyl (C=O) groups is 1. The van der Waals surface area contributed by atoms with Gasteiger partial charge in [-0.3, -0.25) is 14.3 Å². The molecule has 1 amide bonds. The van der Waals surface area contributed by atoms with Crippen LogP contribution >= 0.6 is 0 Å². The first-order valence-electron chi connectivity index (χ1n) is 12.2. The summed E-state index contributed by atoms with van der Waals surface area (Å²) in [6.07, 6.45) is 3.24. The van der Waals surface area contributed by atoms with Crippen molar-refractivity contribution < 1.29 is 18.7 Å². The molecule has 1 aliphatic rings. The Hall–Kier alpha value is -4.14. The SMILES string of the molecule is CC(C)(C)OC(=O)N1CCc2cc3cc(-n4ccc(OCc5ccc(F)cn5)cc4=O)ccc3n2CC1. The van der Waals surface area contributed by atoms with Crippen LogP contribution in [0.25, 0.3) is 16.6 Å². The number of fused-ring (bicyclic) bond motifs is 3. The van der Waals surface area contributed by atoms with E-state index in [-0.39, 0.29) is 18.3 Å². The number of pyridine rings is 2. The molecular formula is C28H29FN4O4. The minimum absolute atomic E-state index is 0.136. The summed E-state index contributed by atoms with van der Waals surface area (Å²) in [6, 6.07) is 14.0. The molecule has 4 aromatic rings. The lowest BCUT2D eigenvalue weighted by Crippen LogP contribution is -2.38. The second-order valence-electron chi connectivity index (χ2n) is 10.1. The van der Waals surface area contributed by atoms with E-state index in [1.165, 1.54) is 12.1 Å². The van der Waals surface area contributed by atoms with Crippen molar-refractivity contribution in [1.29, 1.82) is 0 Å². The van der Waals surface area contributed by atoms with E-state index in [9.17, 15) is 14.0 Å². The van der Waals surface area contributed by atoms with E-state index in [2.05, 4.69) is 15.6 Å². The minimum atomic E-state index is -0.524. The van der Waals surface area contributed by atoms with Gasteiger partial charge in [-0.2, -0.15) is 0 Å². The molecule has 8 nitrogen and oxygen atoms in total. The van der Waals surface area contributed by atoms with Gasteiger partial charge in [0.15, 0.2) is 0 Å². The summed E-state index contributed by atoms with van der Waals surface area (Å²) in [6.45, 7) is 7.58. The van der Waals surface area contributed by atoms with Crippen LogP contribution in [0.5, 0.6) is 5.75 Å². The van der Waals surface area contributed by atoms with Gasteiger partial charge in [-0.15, -0.1) is 0 Å². The van der Waals surface area contributed by atoms with E-state index in [0.29, 0.717) is 31.1 Å². The molecule has 0 saturated heterocycles. The average Bonchev–Trinajstić information content (AvgIpc) is 3.05. The lowest BCUT2D eigenvalue weighted by atomic mass is 10.2. The normalized spacial score (nSPS) is 13.8.